The first-order valence-corrected chi connectivity index (χ1v) is 6.77. The maximum Gasteiger partial charge on any atom is 0.0555 e. The van der Waals surface area contributed by atoms with Gasteiger partial charge in [-0.05, 0) is 44.9 Å². The number of hydrogen-bond acceptors (Lipinski definition) is 1. The van der Waals surface area contributed by atoms with Crippen molar-refractivity contribution in [3.63, 3.8) is 0 Å². The third-order valence-corrected chi connectivity index (χ3v) is 3.92. The summed E-state index contributed by atoms with van der Waals surface area (Å²) in [6.45, 7) is 5.69. The lowest BCUT2D eigenvalue weighted by Crippen LogP contribution is -2.25. The van der Waals surface area contributed by atoms with E-state index >= 15 is 0 Å². The molecule has 94 valence electrons. The number of anilines is 1. The first-order chi connectivity index (χ1) is 8.75. The van der Waals surface area contributed by atoms with E-state index in [0.717, 1.165) is 0 Å². The molecule has 0 spiro atoms. The SMILES string of the molecule is Cc1cc(N2CCCC2C)cn1-c1ccccc1. The Balaban J connectivity index is 1.96. The number of rotatable bonds is 2. The molecule has 3 rings (SSSR count). The lowest BCUT2D eigenvalue weighted by molar-refractivity contribution is 0.735. The summed E-state index contributed by atoms with van der Waals surface area (Å²) in [6.07, 6.45) is 4.90. The van der Waals surface area contributed by atoms with E-state index in [-0.39, 0.29) is 0 Å². The molecule has 0 bridgehead atoms. The summed E-state index contributed by atoms with van der Waals surface area (Å²) in [7, 11) is 0. The summed E-state index contributed by atoms with van der Waals surface area (Å²) in [5, 5.41) is 0. The Bertz CT molecular complexity index is 527. The standard InChI is InChI=1S/C16H20N2/c1-13-7-6-10-17(13)16-11-14(2)18(12-16)15-8-4-3-5-9-15/h3-5,8-9,11-13H,6-7,10H2,1-2H3. The van der Waals surface area contributed by atoms with Crippen LogP contribution in [0.2, 0.25) is 0 Å². The van der Waals surface area contributed by atoms with Crippen LogP contribution in [0.5, 0.6) is 0 Å². The van der Waals surface area contributed by atoms with E-state index in [9.17, 15) is 0 Å². The van der Waals surface area contributed by atoms with E-state index in [1.54, 1.807) is 0 Å². The van der Waals surface area contributed by atoms with Gasteiger partial charge in [0.05, 0.1) is 5.69 Å². The van der Waals surface area contributed by atoms with Gasteiger partial charge in [0.2, 0.25) is 0 Å². The summed E-state index contributed by atoms with van der Waals surface area (Å²) in [5.74, 6) is 0. The zero-order valence-corrected chi connectivity index (χ0v) is 11.1. The summed E-state index contributed by atoms with van der Waals surface area (Å²) in [6, 6.07) is 13.5. The quantitative estimate of drug-likeness (QED) is 0.775. The maximum absolute atomic E-state index is 2.52. The van der Waals surface area contributed by atoms with Crippen molar-refractivity contribution in [2.45, 2.75) is 32.7 Å². The van der Waals surface area contributed by atoms with Gasteiger partial charge in [0.25, 0.3) is 0 Å². The van der Waals surface area contributed by atoms with Crippen LogP contribution in [0.25, 0.3) is 5.69 Å². The molecule has 2 heterocycles. The van der Waals surface area contributed by atoms with E-state index in [0.29, 0.717) is 6.04 Å². The van der Waals surface area contributed by atoms with Crippen LogP contribution in [-0.2, 0) is 0 Å². The molecular weight excluding hydrogens is 220 g/mol. The van der Waals surface area contributed by atoms with Gasteiger partial charge < -0.3 is 9.47 Å². The predicted octanol–water partition coefficient (Wildman–Crippen LogP) is 3.77. The molecule has 1 aromatic heterocycles. The molecule has 1 saturated heterocycles. The fourth-order valence-electron chi connectivity index (χ4n) is 2.90. The topological polar surface area (TPSA) is 8.17 Å². The highest BCUT2D eigenvalue weighted by atomic mass is 15.2. The van der Waals surface area contributed by atoms with E-state index in [1.807, 2.05) is 0 Å². The zero-order chi connectivity index (χ0) is 12.5. The molecule has 1 aliphatic heterocycles. The van der Waals surface area contributed by atoms with Gasteiger partial charge in [-0.3, -0.25) is 0 Å². The molecule has 1 atom stereocenters. The van der Waals surface area contributed by atoms with Crippen LogP contribution >= 0.6 is 0 Å². The van der Waals surface area contributed by atoms with Crippen molar-refractivity contribution < 1.29 is 0 Å². The Hall–Kier alpha value is -1.70. The smallest absolute Gasteiger partial charge is 0.0555 e. The van der Waals surface area contributed by atoms with Crippen molar-refractivity contribution in [3.05, 3.63) is 48.3 Å². The van der Waals surface area contributed by atoms with Crippen molar-refractivity contribution in [2.75, 3.05) is 11.4 Å². The average Bonchev–Trinajstić information content (AvgIpc) is 2.96. The Kier molecular flexibility index (Phi) is 2.86. The maximum atomic E-state index is 2.52. The van der Waals surface area contributed by atoms with Gasteiger partial charge in [0.1, 0.15) is 0 Å². The molecule has 0 saturated carbocycles. The minimum atomic E-state index is 0.677. The largest absolute Gasteiger partial charge is 0.368 e. The number of hydrogen-bond donors (Lipinski definition) is 0. The summed E-state index contributed by atoms with van der Waals surface area (Å²) in [5.41, 5.74) is 3.91. The van der Waals surface area contributed by atoms with Crippen molar-refractivity contribution in [1.82, 2.24) is 4.57 Å². The normalized spacial score (nSPS) is 19.4. The van der Waals surface area contributed by atoms with Crippen molar-refractivity contribution in [1.29, 1.82) is 0 Å². The molecule has 0 amide bonds. The molecule has 2 aromatic rings. The number of benzene rings is 1. The lowest BCUT2D eigenvalue weighted by Gasteiger charge is -2.21. The molecule has 2 nitrogen and oxygen atoms in total. The molecule has 1 fully saturated rings. The fourth-order valence-corrected chi connectivity index (χ4v) is 2.90. The molecule has 0 radical (unpaired) electrons. The van der Waals surface area contributed by atoms with E-state index < -0.39 is 0 Å². The first kappa shape index (κ1) is 11.4. The number of aryl methyl sites for hydroxylation is 1. The van der Waals surface area contributed by atoms with E-state index in [4.69, 9.17) is 0 Å². The summed E-state index contributed by atoms with van der Waals surface area (Å²) in [4.78, 5) is 2.52. The van der Waals surface area contributed by atoms with Gasteiger partial charge >= 0.3 is 0 Å². The van der Waals surface area contributed by atoms with Crippen molar-refractivity contribution in [2.24, 2.45) is 0 Å². The number of nitrogens with zero attached hydrogens (tertiary/aromatic N) is 2. The summed E-state index contributed by atoms with van der Waals surface area (Å²) >= 11 is 0. The van der Waals surface area contributed by atoms with Gasteiger partial charge in [-0.1, -0.05) is 18.2 Å². The van der Waals surface area contributed by atoms with Crippen molar-refractivity contribution in [3.8, 4) is 5.69 Å². The van der Waals surface area contributed by atoms with E-state index in [2.05, 4.69) is 65.9 Å². The second-order valence-corrected chi connectivity index (χ2v) is 5.23. The second kappa shape index (κ2) is 4.52. The van der Waals surface area contributed by atoms with Gasteiger partial charge in [-0.25, -0.2) is 0 Å². The molecule has 2 heteroatoms. The van der Waals surface area contributed by atoms with Crippen LogP contribution in [0.1, 0.15) is 25.5 Å². The van der Waals surface area contributed by atoms with Gasteiger partial charge in [-0.15, -0.1) is 0 Å². The molecule has 0 N–H and O–H groups in total. The second-order valence-electron chi connectivity index (χ2n) is 5.23. The Labute approximate surface area is 109 Å². The van der Waals surface area contributed by atoms with Gasteiger partial charge in [0, 0.05) is 30.2 Å². The minimum absolute atomic E-state index is 0.677. The number of aromatic nitrogens is 1. The highest BCUT2D eigenvalue weighted by Crippen LogP contribution is 2.28. The minimum Gasteiger partial charge on any atom is -0.368 e. The molecular formula is C16H20N2. The Morgan fingerprint density at radius 2 is 1.89 bits per heavy atom. The molecule has 1 aromatic carbocycles. The molecule has 18 heavy (non-hydrogen) atoms. The zero-order valence-electron chi connectivity index (χ0n) is 11.1. The molecule has 1 unspecified atom stereocenters. The van der Waals surface area contributed by atoms with Crippen molar-refractivity contribution >= 4 is 5.69 Å². The van der Waals surface area contributed by atoms with Gasteiger partial charge in [-0.2, -0.15) is 0 Å². The third kappa shape index (κ3) is 1.92. The average molecular weight is 240 g/mol. The fraction of sp³-hybridized carbons (Fsp3) is 0.375. The van der Waals surface area contributed by atoms with Crippen LogP contribution in [0, 0.1) is 6.92 Å². The first-order valence-electron chi connectivity index (χ1n) is 6.77. The Morgan fingerprint density at radius 1 is 1.11 bits per heavy atom. The molecule has 0 aliphatic carbocycles. The predicted molar refractivity (Wildman–Crippen MR) is 76.5 cm³/mol. The number of para-hydroxylation sites is 1. The summed E-state index contributed by atoms with van der Waals surface area (Å²) < 4.78 is 2.28. The van der Waals surface area contributed by atoms with E-state index in [1.165, 1.54) is 36.5 Å². The van der Waals surface area contributed by atoms with Crippen LogP contribution in [0.15, 0.2) is 42.6 Å². The third-order valence-electron chi connectivity index (χ3n) is 3.92. The lowest BCUT2D eigenvalue weighted by atomic mass is 10.2. The highest BCUT2D eigenvalue weighted by molar-refractivity contribution is 5.52. The van der Waals surface area contributed by atoms with Crippen LogP contribution in [0.3, 0.4) is 0 Å². The van der Waals surface area contributed by atoms with Crippen LogP contribution < -0.4 is 4.90 Å². The van der Waals surface area contributed by atoms with Gasteiger partial charge in [0.15, 0.2) is 0 Å². The highest BCUT2D eigenvalue weighted by Gasteiger charge is 2.21. The Morgan fingerprint density at radius 3 is 2.56 bits per heavy atom. The van der Waals surface area contributed by atoms with Crippen LogP contribution in [0.4, 0.5) is 5.69 Å². The monoisotopic (exact) mass is 240 g/mol. The van der Waals surface area contributed by atoms with Crippen LogP contribution in [-0.4, -0.2) is 17.2 Å². The molecule has 1 aliphatic rings.